The number of piperidine rings is 1. The van der Waals surface area contributed by atoms with E-state index in [2.05, 4.69) is 26.4 Å². The number of carbonyl (C=O) groups excluding carboxylic acids is 1. The van der Waals surface area contributed by atoms with Crippen LogP contribution in [0.1, 0.15) is 63.1 Å². The average molecular weight is 367 g/mol. The van der Waals surface area contributed by atoms with Crippen LogP contribution in [-0.4, -0.2) is 38.4 Å². The Morgan fingerprint density at radius 2 is 1.81 bits per heavy atom. The van der Waals surface area contributed by atoms with Gasteiger partial charge in [-0.2, -0.15) is 0 Å². The molecule has 144 valence electrons. The minimum absolute atomic E-state index is 0.358. The summed E-state index contributed by atoms with van der Waals surface area (Å²) in [5.74, 6) is 2.17. The highest BCUT2D eigenvalue weighted by Gasteiger charge is 2.27. The van der Waals surface area contributed by atoms with Crippen LogP contribution in [0.5, 0.6) is 0 Å². The molecule has 0 atom stereocenters. The molecule has 27 heavy (non-hydrogen) atoms. The standard InChI is InChI=1S/C22H30N4O/c1-17-16-24-22(19-8-12-23-13-9-19)26(17)20-10-14-25(15-11-20)21(27)7-6-18-4-2-3-5-18/h8-9,12-13,16,18,20H,2-7,10-11,14-15H2,1H3. The van der Waals surface area contributed by atoms with Crippen LogP contribution in [0, 0.1) is 12.8 Å². The van der Waals surface area contributed by atoms with Crippen LogP contribution in [0.3, 0.4) is 0 Å². The molecule has 2 aliphatic rings. The molecular weight excluding hydrogens is 336 g/mol. The maximum atomic E-state index is 12.6. The second-order valence-electron chi connectivity index (χ2n) is 8.13. The Morgan fingerprint density at radius 1 is 1.11 bits per heavy atom. The number of hydrogen-bond acceptors (Lipinski definition) is 3. The number of aryl methyl sites for hydroxylation is 1. The zero-order chi connectivity index (χ0) is 18.6. The molecule has 0 N–H and O–H groups in total. The summed E-state index contributed by atoms with van der Waals surface area (Å²) in [6.45, 7) is 3.85. The molecule has 3 heterocycles. The monoisotopic (exact) mass is 366 g/mol. The smallest absolute Gasteiger partial charge is 0.222 e. The lowest BCUT2D eigenvalue weighted by Crippen LogP contribution is -2.39. The van der Waals surface area contributed by atoms with E-state index in [1.165, 1.54) is 31.4 Å². The second-order valence-corrected chi connectivity index (χ2v) is 8.13. The van der Waals surface area contributed by atoms with E-state index in [4.69, 9.17) is 0 Å². The number of aromatic nitrogens is 3. The molecule has 0 bridgehead atoms. The number of nitrogens with zero attached hydrogens (tertiary/aromatic N) is 4. The topological polar surface area (TPSA) is 51.0 Å². The zero-order valence-corrected chi connectivity index (χ0v) is 16.3. The number of amides is 1. The van der Waals surface area contributed by atoms with Crippen molar-refractivity contribution >= 4 is 5.91 Å². The summed E-state index contributed by atoms with van der Waals surface area (Å²) in [5.41, 5.74) is 2.29. The molecule has 0 unspecified atom stereocenters. The molecule has 5 nitrogen and oxygen atoms in total. The van der Waals surface area contributed by atoms with Gasteiger partial charge in [-0.25, -0.2) is 4.98 Å². The van der Waals surface area contributed by atoms with Crippen LogP contribution in [-0.2, 0) is 4.79 Å². The van der Waals surface area contributed by atoms with Gasteiger partial charge in [0.2, 0.25) is 5.91 Å². The Labute approximate surface area is 161 Å². The number of likely N-dealkylation sites (tertiary alicyclic amines) is 1. The molecule has 0 spiro atoms. The maximum Gasteiger partial charge on any atom is 0.222 e. The fourth-order valence-electron chi connectivity index (χ4n) is 4.78. The van der Waals surface area contributed by atoms with Crippen molar-refractivity contribution in [2.45, 2.75) is 64.3 Å². The van der Waals surface area contributed by atoms with Gasteiger partial charge in [-0.15, -0.1) is 0 Å². The summed E-state index contributed by atoms with van der Waals surface area (Å²) in [6, 6.07) is 4.44. The third-order valence-electron chi connectivity index (χ3n) is 6.34. The van der Waals surface area contributed by atoms with Crippen LogP contribution < -0.4 is 0 Å². The highest BCUT2D eigenvalue weighted by atomic mass is 16.2. The molecule has 2 aromatic heterocycles. The Kier molecular flexibility index (Phi) is 5.55. The first-order chi connectivity index (χ1) is 13.2. The van der Waals surface area contributed by atoms with Gasteiger partial charge >= 0.3 is 0 Å². The Morgan fingerprint density at radius 3 is 2.52 bits per heavy atom. The van der Waals surface area contributed by atoms with Gasteiger partial charge in [0.05, 0.1) is 0 Å². The molecule has 1 saturated heterocycles. The molecule has 1 aliphatic carbocycles. The molecule has 1 aliphatic heterocycles. The highest BCUT2D eigenvalue weighted by molar-refractivity contribution is 5.76. The summed E-state index contributed by atoms with van der Waals surface area (Å²) in [4.78, 5) is 23.4. The van der Waals surface area contributed by atoms with E-state index in [-0.39, 0.29) is 0 Å². The average Bonchev–Trinajstić information content (AvgIpc) is 3.36. The second kappa shape index (κ2) is 8.24. The lowest BCUT2D eigenvalue weighted by molar-refractivity contribution is -0.132. The minimum Gasteiger partial charge on any atom is -0.343 e. The van der Waals surface area contributed by atoms with Crippen molar-refractivity contribution in [2.75, 3.05) is 13.1 Å². The predicted octanol–water partition coefficient (Wildman–Crippen LogP) is 4.39. The van der Waals surface area contributed by atoms with Crippen LogP contribution >= 0.6 is 0 Å². The molecule has 5 heteroatoms. The fourth-order valence-corrected chi connectivity index (χ4v) is 4.78. The number of rotatable bonds is 5. The van der Waals surface area contributed by atoms with E-state index in [9.17, 15) is 4.79 Å². The van der Waals surface area contributed by atoms with Gasteiger partial charge in [-0.3, -0.25) is 9.78 Å². The van der Waals surface area contributed by atoms with Gasteiger partial charge in [0, 0.05) is 55.4 Å². The van der Waals surface area contributed by atoms with Gasteiger partial charge < -0.3 is 9.47 Å². The van der Waals surface area contributed by atoms with E-state index in [1.54, 1.807) is 0 Å². The third kappa shape index (κ3) is 4.07. The third-order valence-corrected chi connectivity index (χ3v) is 6.34. The van der Waals surface area contributed by atoms with Crippen LogP contribution in [0.2, 0.25) is 0 Å². The first-order valence-corrected chi connectivity index (χ1v) is 10.4. The first kappa shape index (κ1) is 18.2. The summed E-state index contributed by atoms with van der Waals surface area (Å²) < 4.78 is 2.36. The van der Waals surface area contributed by atoms with Crippen molar-refractivity contribution in [3.63, 3.8) is 0 Å². The van der Waals surface area contributed by atoms with Crippen molar-refractivity contribution in [2.24, 2.45) is 5.92 Å². The molecule has 0 radical (unpaired) electrons. The van der Waals surface area contributed by atoms with Crippen LogP contribution in [0.4, 0.5) is 0 Å². The van der Waals surface area contributed by atoms with Crippen molar-refractivity contribution < 1.29 is 4.79 Å². The molecule has 0 aromatic carbocycles. The summed E-state index contributed by atoms with van der Waals surface area (Å²) in [5, 5.41) is 0. The highest BCUT2D eigenvalue weighted by Crippen LogP contribution is 2.31. The number of hydrogen-bond donors (Lipinski definition) is 0. The van der Waals surface area contributed by atoms with E-state index in [1.807, 2.05) is 30.7 Å². The van der Waals surface area contributed by atoms with Crippen molar-refractivity contribution in [3.8, 4) is 11.4 Å². The lowest BCUT2D eigenvalue weighted by atomic mass is 9.99. The summed E-state index contributed by atoms with van der Waals surface area (Å²) >= 11 is 0. The van der Waals surface area contributed by atoms with E-state index in [0.29, 0.717) is 11.9 Å². The van der Waals surface area contributed by atoms with E-state index >= 15 is 0 Å². The normalized spacial score (nSPS) is 18.9. The fraction of sp³-hybridized carbons (Fsp3) is 0.591. The Hall–Kier alpha value is -2.17. The van der Waals surface area contributed by atoms with Crippen molar-refractivity contribution in [3.05, 3.63) is 36.4 Å². The van der Waals surface area contributed by atoms with Crippen molar-refractivity contribution in [1.29, 1.82) is 0 Å². The van der Waals surface area contributed by atoms with Crippen molar-refractivity contribution in [1.82, 2.24) is 19.4 Å². The molecule has 2 aromatic rings. The molecule has 1 saturated carbocycles. The van der Waals surface area contributed by atoms with Gasteiger partial charge in [0.15, 0.2) is 0 Å². The first-order valence-electron chi connectivity index (χ1n) is 10.4. The van der Waals surface area contributed by atoms with Gasteiger partial charge in [0.1, 0.15) is 5.82 Å². The summed E-state index contributed by atoms with van der Waals surface area (Å²) in [7, 11) is 0. The zero-order valence-electron chi connectivity index (χ0n) is 16.3. The molecule has 4 rings (SSSR count). The predicted molar refractivity (Wildman–Crippen MR) is 106 cm³/mol. The van der Waals surface area contributed by atoms with Gasteiger partial charge in [0.25, 0.3) is 0 Å². The van der Waals surface area contributed by atoms with Gasteiger partial charge in [-0.1, -0.05) is 25.7 Å². The largest absolute Gasteiger partial charge is 0.343 e. The number of carbonyl (C=O) groups is 1. The summed E-state index contributed by atoms with van der Waals surface area (Å²) in [6.07, 6.45) is 14.8. The maximum absolute atomic E-state index is 12.6. The minimum atomic E-state index is 0.358. The Balaban J connectivity index is 1.37. The molecular formula is C22H30N4O. The quantitative estimate of drug-likeness (QED) is 0.789. The van der Waals surface area contributed by atoms with E-state index in [0.717, 1.165) is 56.1 Å². The molecule has 1 amide bonds. The lowest BCUT2D eigenvalue weighted by Gasteiger charge is -2.34. The number of imidazole rings is 1. The SMILES string of the molecule is Cc1cnc(-c2ccncc2)n1C1CCN(C(=O)CCC2CCCC2)CC1. The molecule has 2 fully saturated rings. The number of pyridine rings is 1. The van der Waals surface area contributed by atoms with Crippen LogP contribution in [0.25, 0.3) is 11.4 Å². The van der Waals surface area contributed by atoms with E-state index < -0.39 is 0 Å². The Bertz CT molecular complexity index is 756. The van der Waals surface area contributed by atoms with Crippen LogP contribution in [0.15, 0.2) is 30.7 Å². The van der Waals surface area contributed by atoms with Gasteiger partial charge in [-0.05, 0) is 44.2 Å².